The summed E-state index contributed by atoms with van der Waals surface area (Å²) in [6, 6.07) is 8.13. The normalized spacial score (nSPS) is 8.89. The number of hydrogen-bond donors (Lipinski definition) is 2. The minimum Gasteiger partial charge on any atom is -0.361 e. The van der Waals surface area contributed by atoms with Crippen LogP contribution in [0.2, 0.25) is 0 Å². The first-order valence-corrected chi connectivity index (χ1v) is 6.40. The van der Waals surface area contributed by atoms with E-state index < -0.39 is 0 Å². The van der Waals surface area contributed by atoms with Crippen molar-refractivity contribution in [3.8, 4) is 0 Å². The van der Waals surface area contributed by atoms with Gasteiger partial charge in [-0.05, 0) is 32.1 Å². The highest BCUT2D eigenvalue weighted by atomic mass is 16.1. The molecule has 0 saturated heterocycles. The van der Waals surface area contributed by atoms with Crippen LogP contribution in [-0.4, -0.2) is 25.4 Å². The fraction of sp³-hybridized carbons (Fsp3) is 0.400. The Morgan fingerprint density at radius 2 is 1.83 bits per heavy atom. The van der Waals surface area contributed by atoms with Gasteiger partial charge in [0.1, 0.15) is 6.29 Å². The van der Waals surface area contributed by atoms with Gasteiger partial charge < -0.3 is 15.1 Å². The standard InChI is InChI=1S/C11H11NO.C2H7N.C2H6/c13-7-3-4-9-8-12-11-6-2-1-5-10(9)11;1-3-2;1-2/h1-2,5-8,12H,3-4H2;3H,1-2H3;1-2H3. The number of para-hydroxylation sites is 1. The van der Waals surface area contributed by atoms with Crippen molar-refractivity contribution in [3.63, 3.8) is 0 Å². The number of aldehydes is 1. The Labute approximate surface area is 110 Å². The van der Waals surface area contributed by atoms with Crippen LogP contribution in [0.25, 0.3) is 10.9 Å². The van der Waals surface area contributed by atoms with Crippen LogP contribution < -0.4 is 5.32 Å². The zero-order chi connectivity index (χ0) is 13.8. The third-order valence-corrected chi connectivity index (χ3v) is 2.21. The molecule has 0 saturated carbocycles. The first kappa shape index (κ1) is 16.4. The molecule has 18 heavy (non-hydrogen) atoms. The number of rotatable bonds is 3. The van der Waals surface area contributed by atoms with E-state index in [1.54, 1.807) is 0 Å². The number of aromatic amines is 1. The molecule has 0 aliphatic rings. The van der Waals surface area contributed by atoms with Gasteiger partial charge in [-0.1, -0.05) is 32.0 Å². The van der Waals surface area contributed by atoms with E-state index in [4.69, 9.17) is 0 Å². The van der Waals surface area contributed by atoms with Crippen molar-refractivity contribution in [3.05, 3.63) is 36.0 Å². The number of fused-ring (bicyclic) bond motifs is 1. The fourth-order valence-corrected chi connectivity index (χ4v) is 1.55. The number of aromatic nitrogens is 1. The number of H-pyrrole nitrogens is 1. The minimum absolute atomic E-state index is 0.599. The van der Waals surface area contributed by atoms with Crippen LogP contribution in [0.3, 0.4) is 0 Å². The van der Waals surface area contributed by atoms with Gasteiger partial charge in [-0.25, -0.2) is 0 Å². The van der Waals surface area contributed by atoms with Gasteiger partial charge in [0.15, 0.2) is 0 Å². The lowest BCUT2D eigenvalue weighted by Crippen LogP contribution is -1.89. The summed E-state index contributed by atoms with van der Waals surface area (Å²) in [5, 5.41) is 3.98. The van der Waals surface area contributed by atoms with Crippen molar-refractivity contribution < 1.29 is 4.79 Å². The van der Waals surface area contributed by atoms with Gasteiger partial charge in [0.05, 0.1) is 0 Å². The summed E-state index contributed by atoms with van der Waals surface area (Å²) >= 11 is 0. The number of aryl methyl sites for hydroxylation is 1. The van der Waals surface area contributed by atoms with E-state index >= 15 is 0 Å². The van der Waals surface area contributed by atoms with E-state index in [9.17, 15) is 4.79 Å². The van der Waals surface area contributed by atoms with Gasteiger partial charge in [-0.3, -0.25) is 0 Å². The van der Waals surface area contributed by atoms with Crippen LogP contribution in [0, 0.1) is 0 Å². The van der Waals surface area contributed by atoms with Gasteiger partial charge in [0.2, 0.25) is 0 Å². The zero-order valence-corrected chi connectivity index (χ0v) is 11.8. The average molecular weight is 248 g/mol. The van der Waals surface area contributed by atoms with Crippen molar-refractivity contribution in [2.75, 3.05) is 14.1 Å². The summed E-state index contributed by atoms with van der Waals surface area (Å²) in [6.07, 6.45) is 4.37. The smallest absolute Gasteiger partial charge is 0.120 e. The van der Waals surface area contributed by atoms with Gasteiger partial charge in [-0.15, -0.1) is 0 Å². The van der Waals surface area contributed by atoms with Crippen LogP contribution >= 0.6 is 0 Å². The maximum absolute atomic E-state index is 10.2. The zero-order valence-electron chi connectivity index (χ0n) is 11.8. The Bertz CT molecular complexity index is 435. The van der Waals surface area contributed by atoms with Gasteiger partial charge in [0.25, 0.3) is 0 Å². The first-order chi connectivity index (χ1) is 8.83. The summed E-state index contributed by atoms with van der Waals surface area (Å²) in [6.45, 7) is 4.00. The van der Waals surface area contributed by atoms with E-state index in [1.807, 2.05) is 52.3 Å². The highest BCUT2D eigenvalue weighted by molar-refractivity contribution is 5.83. The molecule has 1 aromatic heterocycles. The molecule has 2 N–H and O–H groups in total. The molecule has 0 radical (unpaired) electrons. The molecule has 2 rings (SSSR count). The van der Waals surface area contributed by atoms with Gasteiger partial charge in [0, 0.05) is 23.5 Å². The molecule has 0 spiro atoms. The van der Waals surface area contributed by atoms with E-state index in [0.29, 0.717) is 6.42 Å². The van der Waals surface area contributed by atoms with E-state index in [0.717, 1.165) is 18.2 Å². The second kappa shape index (κ2) is 10.5. The van der Waals surface area contributed by atoms with Crippen LogP contribution in [-0.2, 0) is 11.2 Å². The van der Waals surface area contributed by atoms with Crippen molar-refractivity contribution in [2.45, 2.75) is 26.7 Å². The van der Waals surface area contributed by atoms with Crippen LogP contribution in [0.1, 0.15) is 25.8 Å². The number of benzene rings is 1. The van der Waals surface area contributed by atoms with E-state index in [2.05, 4.69) is 16.4 Å². The second-order valence-electron chi connectivity index (χ2n) is 3.56. The summed E-state index contributed by atoms with van der Waals surface area (Å²) in [7, 11) is 3.75. The molecule has 0 aliphatic heterocycles. The van der Waals surface area contributed by atoms with Gasteiger partial charge >= 0.3 is 0 Å². The topological polar surface area (TPSA) is 44.9 Å². The molecular formula is C15H24N2O. The predicted octanol–water partition coefficient (Wildman–Crippen LogP) is 3.16. The number of nitrogens with one attached hydrogen (secondary N) is 2. The highest BCUT2D eigenvalue weighted by Crippen LogP contribution is 2.18. The maximum Gasteiger partial charge on any atom is 0.120 e. The Morgan fingerprint density at radius 1 is 1.22 bits per heavy atom. The molecule has 3 nitrogen and oxygen atoms in total. The molecule has 0 unspecified atom stereocenters. The highest BCUT2D eigenvalue weighted by Gasteiger charge is 2.00. The number of carbonyl (C=O) groups excluding carboxylic acids is 1. The van der Waals surface area contributed by atoms with Crippen molar-refractivity contribution in [2.24, 2.45) is 0 Å². The molecular weight excluding hydrogens is 224 g/mol. The third kappa shape index (κ3) is 5.15. The van der Waals surface area contributed by atoms with Crippen molar-refractivity contribution in [1.82, 2.24) is 10.3 Å². The molecule has 3 heteroatoms. The van der Waals surface area contributed by atoms with Crippen LogP contribution in [0.15, 0.2) is 30.5 Å². The number of hydrogen-bond acceptors (Lipinski definition) is 2. The Kier molecular flexibility index (Phi) is 9.60. The summed E-state index contributed by atoms with van der Waals surface area (Å²) in [5.74, 6) is 0. The lowest BCUT2D eigenvalue weighted by molar-refractivity contribution is -0.107. The van der Waals surface area contributed by atoms with Crippen molar-refractivity contribution >= 4 is 17.2 Å². The van der Waals surface area contributed by atoms with Crippen LogP contribution in [0.5, 0.6) is 0 Å². The molecule has 1 aromatic carbocycles. The predicted molar refractivity (Wildman–Crippen MR) is 79.0 cm³/mol. The fourth-order valence-electron chi connectivity index (χ4n) is 1.55. The molecule has 0 aliphatic carbocycles. The average Bonchev–Trinajstić information content (AvgIpc) is 2.83. The minimum atomic E-state index is 0.599. The Morgan fingerprint density at radius 3 is 2.44 bits per heavy atom. The lowest BCUT2D eigenvalue weighted by atomic mass is 10.1. The quantitative estimate of drug-likeness (QED) is 0.819. The molecule has 1 heterocycles. The SMILES string of the molecule is CC.CNC.O=CCCc1c[nH]c2ccccc12. The molecule has 100 valence electrons. The second-order valence-corrected chi connectivity index (χ2v) is 3.56. The van der Waals surface area contributed by atoms with Crippen molar-refractivity contribution in [1.29, 1.82) is 0 Å². The lowest BCUT2D eigenvalue weighted by Gasteiger charge is -1.93. The summed E-state index contributed by atoms with van der Waals surface area (Å²) in [4.78, 5) is 13.4. The maximum atomic E-state index is 10.2. The molecule has 0 bridgehead atoms. The molecule has 0 amide bonds. The van der Waals surface area contributed by atoms with Gasteiger partial charge in [-0.2, -0.15) is 0 Å². The first-order valence-electron chi connectivity index (χ1n) is 6.40. The van der Waals surface area contributed by atoms with E-state index in [1.165, 1.54) is 10.9 Å². The molecule has 0 fully saturated rings. The molecule has 2 aromatic rings. The third-order valence-electron chi connectivity index (χ3n) is 2.21. The summed E-state index contributed by atoms with van der Waals surface area (Å²) < 4.78 is 0. The Balaban J connectivity index is 0.000000509. The van der Waals surface area contributed by atoms with Crippen LogP contribution in [0.4, 0.5) is 0 Å². The molecule has 0 atom stereocenters. The monoisotopic (exact) mass is 248 g/mol. The van der Waals surface area contributed by atoms with E-state index in [-0.39, 0.29) is 0 Å². The summed E-state index contributed by atoms with van der Waals surface area (Å²) in [5.41, 5.74) is 2.37. The number of carbonyl (C=O) groups is 1. The Hall–Kier alpha value is -1.61. The largest absolute Gasteiger partial charge is 0.361 e.